The number of hydrogen-bond acceptors (Lipinski definition) is 3. The van der Waals surface area contributed by atoms with Crippen LogP contribution in [0.2, 0.25) is 0 Å². The van der Waals surface area contributed by atoms with Crippen molar-refractivity contribution in [1.29, 1.82) is 0 Å². The monoisotopic (exact) mass is 302 g/mol. The molecule has 110 valence electrons. The Kier molecular flexibility index (Phi) is 5.11. The molecule has 0 radical (unpaired) electrons. The molecule has 0 fully saturated rings. The van der Waals surface area contributed by atoms with Crippen molar-refractivity contribution in [3.05, 3.63) is 59.5 Å². The number of rotatable bonds is 6. The molecule has 3 N–H and O–H groups in total. The number of furan rings is 1. The van der Waals surface area contributed by atoms with Crippen molar-refractivity contribution in [3.8, 4) is 0 Å². The lowest BCUT2D eigenvalue weighted by Gasteiger charge is -2.13. The summed E-state index contributed by atoms with van der Waals surface area (Å²) in [6.07, 6.45) is 3.28. The molecule has 2 aromatic rings. The van der Waals surface area contributed by atoms with Crippen LogP contribution >= 0.6 is 12.2 Å². The fourth-order valence-corrected chi connectivity index (χ4v) is 2.11. The van der Waals surface area contributed by atoms with Gasteiger partial charge in [0.1, 0.15) is 10.7 Å². The maximum Gasteiger partial charge on any atom is 0.251 e. The van der Waals surface area contributed by atoms with Gasteiger partial charge in [0.25, 0.3) is 5.91 Å². The highest BCUT2D eigenvalue weighted by molar-refractivity contribution is 7.80. The lowest BCUT2D eigenvalue weighted by atomic mass is 10.1. The van der Waals surface area contributed by atoms with Gasteiger partial charge < -0.3 is 15.5 Å². The van der Waals surface area contributed by atoms with E-state index in [4.69, 9.17) is 22.4 Å². The molecular formula is C16H18N2O2S. The van der Waals surface area contributed by atoms with Gasteiger partial charge in [0.2, 0.25) is 0 Å². The zero-order chi connectivity index (χ0) is 15.2. The lowest BCUT2D eigenvalue weighted by molar-refractivity contribution is 0.0938. The molecule has 4 nitrogen and oxygen atoms in total. The molecule has 1 heterocycles. The van der Waals surface area contributed by atoms with Crippen molar-refractivity contribution < 1.29 is 9.21 Å². The maximum absolute atomic E-state index is 12.1. The second-order valence-corrected chi connectivity index (χ2v) is 5.37. The smallest absolute Gasteiger partial charge is 0.251 e. The van der Waals surface area contributed by atoms with Crippen molar-refractivity contribution >= 4 is 23.1 Å². The van der Waals surface area contributed by atoms with Gasteiger partial charge in [-0.05, 0) is 37.6 Å². The van der Waals surface area contributed by atoms with E-state index in [1.165, 1.54) is 0 Å². The topological polar surface area (TPSA) is 68.3 Å². The van der Waals surface area contributed by atoms with Crippen LogP contribution < -0.4 is 11.1 Å². The lowest BCUT2D eigenvalue weighted by Crippen LogP contribution is -2.32. The van der Waals surface area contributed by atoms with Crippen molar-refractivity contribution in [2.75, 3.05) is 0 Å². The van der Waals surface area contributed by atoms with Gasteiger partial charge in [-0.15, -0.1) is 0 Å². The van der Waals surface area contributed by atoms with Gasteiger partial charge in [-0.3, -0.25) is 4.79 Å². The minimum Gasteiger partial charge on any atom is -0.469 e. The predicted octanol–water partition coefficient (Wildman–Crippen LogP) is 2.66. The Morgan fingerprint density at radius 2 is 1.95 bits per heavy atom. The molecule has 5 heteroatoms. The second-order valence-electron chi connectivity index (χ2n) is 4.93. The molecule has 0 bridgehead atoms. The standard InChI is InChI=1S/C16H18N2O2S/c1-11(4-9-14-3-2-10-20-14)18-16(19)13-7-5-12(6-8-13)15(17)21/h2-3,5-8,10-11H,4,9H2,1H3,(H2,17,21)(H,18,19). The first kappa shape index (κ1) is 15.3. The number of nitrogens with two attached hydrogens (primary N) is 1. The quantitative estimate of drug-likeness (QED) is 0.805. The zero-order valence-electron chi connectivity index (χ0n) is 11.8. The third kappa shape index (κ3) is 4.43. The van der Waals surface area contributed by atoms with Crippen LogP contribution in [0, 0.1) is 0 Å². The molecule has 0 aliphatic rings. The molecule has 0 aliphatic carbocycles. The van der Waals surface area contributed by atoms with Crippen LogP contribution in [0.3, 0.4) is 0 Å². The number of carbonyl (C=O) groups excluding carboxylic acids is 1. The average molecular weight is 302 g/mol. The van der Waals surface area contributed by atoms with Crippen LogP contribution in [0.25, 0.3) is 0 Å². The van der Waals surface area contributed by atoms with E-state index >= 15 is 0 Å². The highest BCUT2D eigenvalue weighted by Crippen LogP contribution is 2.08. The molecular weight excluding hydrogens is 284 g/mol. The summed E-state index contributed by atoms with van der Waals surface area (Å²) in [7, 11) is 0. The van der Waals surface area contributed by atoms with Crippen LogP contribution in [0.15, 0.2) is 47.1 Å². The Labute approximate surface area is 129 Å². The number of amides is 1. The van der Waals surface area contributed by atoms with Crippen LogP contribution in [0.1, 0.15) is 35.0 Å². The first-order chi connectivity index (χ1) is 10.1. The first-order valence-electron chi connectivity index (χ1n) is 6.79. The fourth-order valence-electron chi connectivity index (χ4n) is 1.98. The fraction of sp³-hybridized carbons (Fsp3) is 0.250. The Bertz CT molecular complexity index is 606. The Morgan fingerprint density at radius 3 is 2.52 bits per heavy atom. The molecule has 2 rings (SSSR count). The van der Waals surface area contributed by atoms with E-state index in [2.05, 4.69) is 5.32 Å². The normalized spacial score (nSPS) is 11.9. The Morgan fingerprint density at radius 1 is 1.29 bits per heavy atom. The van der Waals surface area contributed by atoms with Crippen molar-refractivity contribution in [1.82, 2.24) is 5.32 Å². The largest absolute Gasteiger partial charge is 0.469 e. The number of carbonyl (C=O) groups is 1. The van der Waals surface area contributed by atoms with Crippen LogP contribution in [0.4, 0.5) is 0 Å². The summed E-state index contributed by atoms with van der Waals surface area (Å²) in [5.41, 5.74) is 6.88. The number of benzene rings is 1. The molecule has 1 aromatic heterocycles. The zero-order valence-corrected chi connectivity index (χ0v) is 12.7. The summed E-state index contributed by atoms with van der Waals surface area (Å²) in [5.74, 6) is 0.827. The van der Waals surface area contributed by atoms with Crippen molar-refractivity contribution in [3.63, 3.8) is 0 Å². The van der Waals surface area contributed by atoms with E-state index in [0.717, 1.165) is 24.2 Å². The number of nitrogens with one attached hydrogen (secondary N) is 1. The maximum atomic E-state index is 12.1. The summed E-state index contributed by atoms with van der Waals surface area (Å²) in [4.78, 5) is 12.4. The molecule has 1 aromatic carbocycles. The molecule has 21 heavy (non-hydrogen) atoms. The molecule has 1 atom stereocenters. The van der Waals surface area contributed by atoms with E-state index < -0.39 is 0 Å². The van der Waals surface area contributed by atoms with Gasteiger partial charge in [-0.1, -0.05) is 24.4 Å². The first-order valence-corrected chi connectivity index (χ1v) is 7.20. The molecule has 1 unspecified atom stereocenters. The van der Waals surface area contributed by atoms with E-state index in [1.54, 1.807) is 30.5 Å². The van der Waals surface area contributed by atoms with Gasteiger partial charge >= 0.3 is 0 Å². The van der Waals surface area contributed by atoms with Crippen LogP contribution in [-0.4, -0.2) is 16.9 Å². The number of aryl methyl sites for hydroxylation is 1. The molecule has 1 amide bonds. The van der Waals surface area contributed by atoms with Crippen LogP contribution in [-0.2, 0) is 6.42 Å². The summed E-state index contributed by atoms with van der Waals surface area (Å²) in [6.45, 7) is 1.98. The number of hydrogen-bond donors (Lipinski definition) is 2. The van der Waals surface area contributed by atoms with Gasteiger partial charge in [-0.2, -0.15) is 0 Å². The van der Waals surface area contributed by atoms with Gasteiger partial charge in [0, 0.05) is 23.6 Å². The van der Waals surface area contributed by atoms with Crippen LogP contribution in [0.5, 0.6) is 0 Å². The predicted molar refractivity (Wildman–Crippen MR) is 86.3 cm³/mol. The molecule has 0 saturated carbocycles. The highest BCUT2D eigenvalue weighted by Gasteiger charge is 2.10. The minimum atomic E-state index is -0.101. The third-order valence-corrected chi connectivity index (χ3v) is 3.45. The van der Waals surface area contributed by atoms with E-state index in [1.807, 2.05) is 19.1 Å². The Balaban J connectivity index is 1.86. The van der Waals surface area contributed by atoms with Crippen molar-refractivity contribution in [2.24, 2.45) is 5.73 Å². The van der Waals surface area contributed by atoms with E-state index in [0.29, 0.717) is 10.6 Å². The van der Waals surface area contributed by atoms with E-state index in [-0.39, 0.29) is 11.9 Å². The summed E-state index contributed by atoms with van der Waals surface area (Å²) in [6, 6.07) is 10.8. The summed E-state index contributed by atoms with van der Waals surface area (Å²) in [5, 5.41) is 2.96. The summed E-state index contributed by atoms with van der Waals surface area (Å²) < 4.78 is 5.27. The highest BCUT2D eigenvalue weighted by atomic mass is 32.1. The van der Waals surface area contributed by atoms with Crippen molar-refractivity contribution in [2.45, 2.75) is 25.8 Å². The van der Waals surface area contributed by atoms with Gasteiger partial charge in [0.05, 0.1) is 6.26 Å². The van der Waals surface area contributed by atoms with Gasteiger partial charge in [-0.25, -0.2) is 0 Å². The second kappa shape index (κ2) is 7.04. The SMILES string of the molecule is CC(CCc1ccco1)NC(=O)c1ccc(C(N)=S)cc1. The van der Waals surface area contributed by atoms with E-state index in [9.17, 15) is 4.79 Å². The molecule has 0 aliphatic heterocycles. The third-order valence-electron chi connectivity index (χ3n) is 3.21. The van der Waals surface area contributed by atoms with Gasteiger partial charge in [0.15, 0.2) is 0 Å². The minimum absolute atomic E-state index is 0.0675. The molecule has 0 spiro atoms. The Hall–Kier alpha value is -2.14. The summed E-state index contributed by atoms with van der Waals surface area (Å²) >= 11 is 4.88. The molecule has 0 saturated heterocycles. The average Bonchev–Trinajstić information content (AvgIpc) is 2.98. The number of thiocarbonyl (C=S) groups is 1.